The Bertz CT molecular complexity index is 206. The van der Waals surface area contributed by atoms with Crippen LogP contribution in [0.15, 0.2) is 0 Å². The highest BCUT2D eigenvalue weighted by Gasteiger charge is 2.19. The van der Waals surface area contributed by atoms with Crippen LogP contribution in [0, 0.1) is 5.92 Å². The maximum Gasteiger partial charge on any atom is 0.309 e. The zero-order valence-corrected chi connectivity index (χ0v) is 10.1. The van der Waals surface area contributed by atoms with E-state index in [4.69, 9.17) is 9.47 Å². The van der Waals surface area contributed by atoms with Crippen LogP contribution in [0.4, 0.5) is 0 Å². The van der Waals surface area contributed by atoms with Gasteiger partial charge >= 0.3 is 11.9 Å². The molecule has 0 aliphatic heterocycles. The molecule has 0 aromatic heterocycles. The zero-order valence-electron chi connectivity index (χ0n) is 9.19. The van der Waals surface area contributed by atoms with Crippen LogP contribution in [0.1, 0.15) is 26.7 Å². The van der Waals surface area contributed by atoms with Crippen molar-refractivity contribution in [3.05, 3.63) is 0 Å². The van der Waals surface area contributed by atoms with E-state index in [0.717, 1.165) is 0 Å². The summed E-state index contributed by atoms with van der Waals surface area (Å²) in [5.41, 5.74) is 0. The molecule has 15 heavy (non-hydrogen) atoms. The summed E-state index contributed by atoms with van der Waals surface area (Å²) in [5, 5.41) is 0. The minimum absolute atomic E-state index is 0.234. The summed E-state index contributed by atoms with van der Waals surface area (Å²) < 4.78 is 9.61. The van der Waals surface area contributed by atoms with Gasteiger partial charge in [0.05, 0.1) is 19.1 Å². The number of carbonyl (C=O) groups excluding carboxylic acids is 2. The predicted molar refractivity (Wildman–Crippen MR) is 59.8 cm³/mol. The first-order chi connectivity index (χ1) is 7.15. The lowest BCUT2D eigenvalue weighted by atomic mass is 10.1. The molecule has 0 N–H and O–H groups in total. The Labute approximate surface area is 95.7 Å². The van der Waals surface area contributed by atoms with Gasteiger partial charge in [-0.3, -0.25) is 9.59 Å². The van der Waals surface area contributed by atoms with Gasteiger partial charge in [-0.15, -0.1) is 0 Å². The van der Waals surface area contributed by atoms with Crippen molar-refractivity contribution in [2.75, 3.05) is 19.0 Å². The number of carbonyl (C=O) groups is 2. The van der Waals surface area contributed by atoms with Gasteiger partial charge in [0.25, 0.3) is 0 Å². The summed E-state index contributed by atoms with van der Waals surface area (Å²) in [7, 11) is 0. The molecule has 0 saturated carbocycles. The Kier molecular flexibility index (Phi) is 8.18. The summed E-state index contributed by atoms with van der Waals surface area (Å²) in [6, 6.07) is 0. The Balaban J connectivity index is 3.89. The van der Waals surface area contributed by atoms with Gasteiger partial charge in [0.15, 0.2) is 0 Å². The van der Waals surface area contributed by atoms with Crippen molar-refractivity contribution in [1.82, 2.24) is 0 Å². The van der Waals surface area contributed by atoms with E-state index in [1.165, 1.54) is 0 Å². The van der Waals surface area contributed by atoms with Crippen LogP contribution in [0.25, 0.3) is 0 Å². The summed E-state index contributed by atoms with van der Waals surface area (Å²) >= 11 is 4.05. The van der Waals surface area contributed by atoms with E-state index < -0.39 is 0 Å². The first-order valence-electron chi connectivity index (χ1n) is 5.08. The third kappa shape index (κ3) is 6.38. The van der Waals surface area contributed by atoms with E-state index in [9.17, 15) is 9.59 Å². The lowest BCUT2D eigenvalue weighted by Crippen LogP contribution is -2.20. The van der Waals surface area contributed by atoms with Gasteiger partial charge in [0.2, 0.25) is 0 Å². The van der Waals surface area contributed by atoms with Gasteiger partial charge in [0, 0.05) is 12.2 Å². The van der Waals surface area contributed by atoms with Crippen LogP contribution in [0.3, 0.4) is 0 Å². The highest BCUT2D eigenvalue weighted by atomic mass is 32.1. The zero-order chi connectivity index (χ0) is 11.7. The Morgan fingerprint density at radius 3 is 2.27 bits per heavy atom. The molecule has 5 heteroatoms. The van der Waals surface area contributed by atoms with Gasteiger partial charge in [0.1, 0.15) is 0 Å². The molecule has 0 amide bonds. The molecule has 1 unspecified atom stereocenters. The van der Waals surface area contributed by atoms with Crippen LogP contribution >= 0.6 is 12.6 Å². The van der Waals surface area contributed by atoms with Crippen molar-refractivity contribution in [3.8, 4) is 0 Å². The second-order valence-electron chi connectivity index (χ2n) is 2.98. The molecule has 0 spiro atoms. The molecule has 0 aromatic rings. The molecule has 88 valence electrons. The molecule has 0 bridgehead atoms. The highest BCUT2D eigenvalue weighted by Crippen LogP contribution is 2.11. The van der Waals surface area contributed by atoms with E-state index in [-0.39, 0.29) is 24.3 Å². The van der Waals surface area contributed by atoms with Crippen LogP contribution < -0.4 is 0 Å². The molecular formula is C10H18O4S. The monoisotopic (exact) mass is 234 g/mol. The van der Waals surface area contributed by atoms with E-state index >= 15 is 0 Å². The fraction of sp³-hybridized carbons (Fsp3) is 0.800. The summed E-state index contributed by atoms with van der Waals surface area (Å²) in [4.78, 5) is 22.4. The Hall–Kier alpha value is -0.710. The standard InChI is InChI=1S/C10H18O4S/c1-3-13-9(11)6-5-8(7-15)10(12)14-4-2/h8,15H,3-7H2,1-2H3. The van der Waals surface area contributed by atoms with Gasteiger partial charge in [-0.2, -0.15) is 12.6 Å². The quantitative estimate of drug-likeness (QED) is 0.535. The van der Waals surface area contributed by atoms with Crippen molar-refractivity contribution in [2.24, 2.45) is 5.92 Å². The lowest BCUT2D eigenvalue weighted by molar-refractivity contribution is -0.148. The van der Waals surface area contributed by atoms with Crippen molar-refractivity contribution in [3.63, 3.8) is 0 Å². The fourth-order valence-electron chi connectivity index (χ4n) is 1.07. The topological polar surface area (TPSA) is 52.6 Å². The summed E-state index contributed by atoms with van der Waals surface area (Å²) in [5.74, 6) is -0.513. The maximum absolute atomic E-state index is 11.3. The minimum atomic E-state index is -0.322. The van der Waals surface area contributed by atoms with Gasteiger partial charge < -0.3 is 9.47 Å². The number of rotatable bonds is 7. The van der Waals surface area contributed by atoms with E-state index in [0.29, 0.717) is 25.4 Å². The smallest absolute Gasteiger partial charge is 0.309 e. The van der Waals surface area contributed by atoms with Crippen molar-refractivity contribution in [1.29, 1.82) is 0 Å². The number of hydrogen-bond acceptors (Lipinski definition) is 5. The lowest BCUT2D eigenvalue weighted by Gasteiger charge is -2.12. The first-order valence-corrected chi connectivity index (χ1v) is 5.72. The second-order valence-corrected chi connectivity index (χ2v) is 3.34. The molecule has 0 aliphatic carbocycles. The number of hydrogen-bond donors (Lipinski definition) is 1. The van der Waals surface area contributed by atoms with Gasteiger partial charge in [-0.1, -0.05) is 0 Å². The second kappa shape index (κ2) is 8.59. The third-order valence-corrected chi connectivity index (χ3v) is 2.28. The molecule has 0 fully saturated rings. The molecule has 0 rings (SSSR count). The normalized spacial score (nSPS) is 11.9. The Morgan fingerprint density at radius 1 is 1.20 bits per heavy atom. The number of ether oxygens (including phenoxy) is 2. The molecule has 0 saturated heterocycles. The fourth-order valence-corrected chi connectivity index (χ4v) is 1.40. The van der Waals surface area contributed by atoms with Crippen LogP contribution in [0.2, 0.25) is 0 Å². The van der Waals surface area contributed by atoms with Crippen molar-refractivity contribution >= 4 is 24.6 Å². The average molecular weight is 234 g/mol. The van der Waals surface area contributed by atoms with Crippen molar-refractivity contribution in [2.45, 2.75) is 26.7 Å². The third-order valence-electron chi connectivity index (χ3n) is 1.84. The predicted octanol–water partition coefficient (Wildman–Crippen LogP) is 1.44. The van der Waals surface area contributed by atoms with Gasteiger partial charge in [-0.05, 0) is 20.3 Å². The molecule has 1 atom stereocenters. The maximum atomic E-state index is 11.3. The average Bonchev–Trinajstić information content (AvgIpc) is 2.19. The summed E-state index contributed by atoms with van der Waals surface area (Å²) in [6.07, 6.45) is 0.666. The molecule has 0 radical (unpaired) electrons. The molecular weight excluding hydrogens is 216 g/mol. The largest absolute Gasteiger partial charge is 0.466 e. The molecule has 0 aliphatic rings. The Morgan fingerprint density at radius 2 is 1.80 bits per heavy atom. The highest BCUT2D eigenvalue weighted by molar-refractivity contribution is 7.80. The van der Waals surface area contributed by atoms with Gasteiger partial charge in [-0.25, -0.2) is 0 Å². The number of esters is 2. The molecule has 4 nitrogen and oxygen atoms in total. The first kappa shape index (κ1) is 14.3. The van der Waals surface area contributed by atoms with Crippen LogP contribution in [0.5, 0.6) is 0 Å². The van der Waals surface area contributed by atoms with Crippen molar-refractivity contribution < 1.29 is 19.1 Å². The van der Waals surface area contributed by atoms with E-state index in [2.05, 4.69) is 12.6 Å². The number of thiol groups is 1. The summed E-state index contributed by atoms with van der Waals surface area (Å²) in [6.45, 7) is 4.21. The van der Waals surface area contributed by atoms with E-state index in [1.807, 2.05) is 0 Å². The molecule has 0 aromatic carbocycles. The van der Waals surface area contributed by atoms with E-state index in [1.54, 1.807) is 13.8 Å². The van der Waals surface area contributed by atoms with Crippen LogP contribution in [-0.2, 0) is 19.1 Å². The van der Waals surface area contributed by atoms with Crippen LogP contribution in [-0.4, -0.2) is 30.9 Å². The molecule has 0 heterocycles. The SMILES string of the molecule is CCOC(=O)CCC(CS)C(=O)OCC. The minimum Gasteiger partial charge on any atom is -0.466 e.